The molecule has 1 aromatic carbocycles. The molecule has 1 saturated heterocycles. The van der Waals surface area contributed by atoms with Gasteiger partial charge in [0.2, 0.25) is 0 Å². The number of nitrogens with zero attached hydrogens (tertiary/aromatic N) is 3. The van der Waals surface area contributed by atoms with Gasteiger partial charge in [0.05, 0.1) is 0 Å². The third kappa shape index (κ3) is 3.77. The van der Waals surface area contributed by atoms with E-state index in [4.69, 9.17) is 0 Å². The molecule has 5 rings (SSSR count). The van der Waals surface area contributed by atoms with Crippen LogP contribution in [0.5, 0.6) is 0 Å². The zero-order chi connectivity index (χ0) is 19.6. The molecule has 0 aliphatic carbocycles. The average Bonchev–Trinajstić information content (AvgIpc) is 2.76. The summed E-state index contributed by atoms with van der Waals surface area (Å²) in [6.07, 6.45) is 7.21. The zero-order valence-corrected chi connectivity index (χ0v) is 16.7. The Morgan fingerprint density at radius 2 is 1.86 bits per heavy atom. The minimum absolute atomic E-state index is 0.139. The molecule has 0 amide bonds. The molecule has 0 saturated carbocycles. The summed E-state index contributed by atoms with van der Waals surface area (Å²) in [6, 6.07) is 18.5. The van der Waals surface area contributed by atoms with E-state index < -0.39 is 0 Å². The quantitative estimate of drug-likeness (QED) is 0.667. The van der Waals surface area contributed by atoms with Gasteiger partial charge >= 0.3 is 0 Å². The molecule has 2 aliphatic rings. The topological polar surface area (TPSA) is 38.1 Å². The summed E-state index contributed by atoms with van der Waals surface area (Å²) in [5.74, 6) is 0.989. The van der Waals surface area contributed by atoms with E-state index in [9.17, 15) is 4.79 Å². The maximum atomic E-state index is 12.6. The van der Waals surface area contributed by atoms with Crippen LogP contribution < -0.4 is 5.56 Å². The summed E-state index contributed by atoms with van der Waals surface area (Å²) in [5, 5.41) is 0. The second-order valence-corrected chi connectivity index (χ2v) is 8.47. The third-order valence-corrected chi connectivity index (χ3v) is 6.42. The average molecular weight is 386 g/mol. The number of aromatic nitrogens is 2. The number of likely N-dealkylation sites (tertiary alicyclic amines) is 1. The number of benzene rings is 1. The molecule has 0 radical (unpaired) electrons. The molecule has 2 atom stereocenters. The highest BCUT2D eigenvalue weighted by Gasteiger charge is 2.36. The van der Waals surface area contributed by atoms with Crippen molar-refractivity contribution in [2.24, 2.45) is 5.92 Å². The number of fused-ring (bicyclic) bond motifs is 4. The minimum Gasteiger partial charge on any atom is -0.311 e. The van der Waals surface area contributed by atoms with Gasteiger partial charge in [-0.25, -0.2) is 0 Å². The highest BCUT2D eigenvalue weighted by molar-refractivity contribution is 5.66. The lowest BCUT2D eigenvalue weighted by atomic mass is 9.80. The largest absolute Gasteiger partial charge is 0.311 e. The first kappa shape index (κ1) is 18.3. The standard InChI is InChI=1S/C25H27N3O/c29-24-11-10-23(21-9-4-12-26-15-21)25-22-14-20(17-28(24)25)16-27(18-22)13-5-8-19-6-2-1-3-7-19/h1-4,6-7,9-12,15,20,22H,5,8,13-14,16-18H2/t20-,22-/m1/s1. The van der Waals surface area contributed by atoms with Gasteiger partial charge in [0.1, 0.15) is 0 Å². The van der Waals surface area contributed by atoms with Crippen LogP contribution in [0.25, 0.3) is 11.1 Å². The van der Waals surface area contributed by atoms with E-state index in [1.54, 1.807) is 12.3 Å². The Hall–Kier alpha value is -2.72. The van der Waals surface area contributed by atoms with Crippen LogP contribution in [0.4, 0.5) is 0 Å². The molecule has 29 heavy (non-hydrogen) atoms. The van der Waals surface area contributed by atoms with E-state index in [0.717, 1.165) is 38.2 Å². The van der Waals surface area contributed by atoms with Crippen LogP contribution >= 0.6 is 0 Å². The smallest absolute Gasteiger partial charge is 0.250 e. The van der Waals surface area contributed by atoms with Crippen LogP contribution in [-0.4, -0.2) is 34.1 Å². The second-order valence-electron chi connectivity index (χ2n) is 8.47. The first-order valence-corrected chi connectivity index (χ1v) is 10.7. The summed E-state index contributed by atoms with van der Waals surface area (Å²) in [4.78, 5) is 19.5. The maximum Gasteiger partial charge on any atom is 0.250 e. The minimum atomic E-state index is 0.139. The predicted molar refractivity (Wildman–Crippen MR) is 116 cm³/mol. The first-order valence-electron chi connectivity index (χ1n) is 10.7. The number of piperidine rings is 1. The zero-order valence-electron chi connectivity index (χ0n) is 16.7. The van der Waals surface area contributed by atoms with E-state index in [1.165, 1.54) is 29.7 Å². The van der Waals surface area contributed by atoms with Crippen molar-refractivity contribution < 1.29 is 0 Å². The summed E-state index contributed by atoms with van der Waals surface area (Å²) >= 11 is 0. The number of pyridine rings is 2. The van der Waals surface area contributed by atoms with E-state index >= 15 is 0 Å². The Morgan fingerprint density at radius 3 is 2.69 bits per heavy atom. The van der Waals surface area contributed by atoms with Crippen molar-refractivity contribution in [3.63, 3.8) is 0 Å². The predicted octanol–water partition coefficient (Wildman–Crippen LogP) is 3.96. The van der Waals surface area contributed by atoms with Gasteiger partial charge in [-0.15, -0.1) is 0 Å². The molecule has 2 bridgehead atoms. The molecule has 0 unspecified atom stereocenters. The van der Waals surface area contributed by atoms with E-state index in [2.05, 4.69) is 46.3 Å². The van der Waals surface area contributed by atoms with Crippen molar-refractivity contribution in [3.8, 4) is 11.1 Å². The van der Waals surface area contributed by atoms with Crippen LogP contribution in [0.2, 0.25) is 0 Å². The van der Waals surface area contributed by atoms with Gasteiger partial charge < -0.3 is 9.47 Å². The molecule has 2 aromatic heterocycles. The highest BCUT2D eigenvalue weighted by atomic mass is 16.1. The number of hydrogen-bond donors (Lipinski definition) is 0. The molecule has 148 valence electrons. The van der Waals surface area contributed by atoms with Crippen LogP contribution in [0.3, 0.4) is 0 Å². The van der Waals surface area contributed by atoms with Gasteiger partial charge in [0.25, 0.3) is 5.56 Å². The van der Waals surface area contributed by atoms with Crippen molar-refractivity contribution in [1.82, 2.24) is 14.5 Å². The van der Waals surface area contributed by atoms with Gasteiger partial charge in [-0.3, -0.25) is 9.78 Å². The molecule has 4 heterocycles. The summed E-state index contributed by atoms with van der Waals surface area (Å²) in [7, 11) is 0. The molecular weight excluding hydrogens is 358 g/mol. The SMILES string of the molecule is O=c1ccc(-c2cccnc2)c2n1C[C@@H]1C[C@@H]2CN(CCCc2ccccc2)C1. The van der Waals surface area contributed by atoms with E-state index in [1.807, 2.05) is 22.9 Å². The summed E-state index contributed by atoms with van der Waals surface area (Å²) in [5.41, 5.74) is 5.05. The molecule has 2 aliphatic heterocycles. The van der Waals surface area contributed by atoms with Gasteiger partial charge in [-0.05, 0) is 49.4 Å². The monoisotopic (exact) mass is 385 g/mol. The van der Waals surface area contributed by atoms with Crippen molar-refractivity contribution in [2.45, 2.75) is 31.7 Å². The Kier molecular flexibility index (Phi) is 5.03. The van der Waals surface area contributed by atoms with Crippen LogP contribution in [0.1, 0.15) is 30.0 Å². The van der Waals surface area contributed by atoms with Gasteiger partial charge in [0.15, 0.2) is 0 Å². The Morgan fingerprint density at radius 1 is 0.966 bits per heavy atom. The molecule has 0 N–H and O–H groups in total. The Labute approximate surface area is 171 Å². The van der Waals surface area contributed by atoms with Crippen molar-refractivity contribution in [1.29, 1.82) is 0 Å². The molecular formula is C25H27N3O. The Balaban J connectivity index is 1.37. The van der Waals surface area contributed by atoms with E-state index in [0.29, 0.717) is 11.8 Å². The normalized spacial score (nSPS) is 21.0. The number of aryl methyl sites for hydroxylation is 1. The van der Waals surface area contributed by atoms with Crippen LogP contribution in [0, 0.1) is 5.92 Å². The fourth-order valence-electron chi connectivity index (χ4n) is 5.21. The highest BCUT2D eigenvalue weighted by Crippen LogP contribution is 2.39. The third-order valence-electron chi connectivity index (χ3n) is 6.42. The lowest BCUT2D eigenvalue weighted by Crippen LogP contribution is -2.47. The fraction of sp³-hybridized carbons (Fsp3) is 0.360. The van der Waals surface area contributed by atoms with Gasteiger partial charge in [0, 0.05) is 60.8 Å². The van der Waals surface area contributed by atoms with Gasteiger partial charge in [-0.2, -0.15) is 0 Å². The Bertz CT molecular complexity index is 1030. The fourth-order valence-corrected chi connectivity index (χ4v) is 5.21. The molecule has 4 heteroatoms. The molecule has 3 aromatic rings. The lowest BCUT2D eigenvalue weighted by molar-refractivity contribution is 0.119. The number of rotatable bonds is 5. The van der Waals surface area contributed by atoms with Gasteiger partial charge in [-0.1, -0.05) is 36.4 Å². The van der Waals surface area contributed by atoms with E-state index in [-0.39, 0.29) is 5.56 Å². The summed E-state index contributed by atoms with van der Waals surface area (Å²) in [6.45, 7) is 4.12. The maximum absolute atomic E-state index is 12.6. The molecule has 1 fully saturated rings. The second kappa shape index (κ2) is 7.96. The van der Waals surface area contributed by atoms with Crippen LogP contribution in [-0.2, 0) is 13.0 Å². The van der Waals surface area contributed by atoms with Crippen LogP contribution in [0.15, 0.2) is 71.8 Å². The summed E-state index contributed by atoms with van der Waals surface area (Å²) < 4.78 is 2.04. The number of hydrogen-bond acceptors (Lipinski definition) is 3. The first-order chi connectivity index (χ1) is 14.3. The van der Waals surface area contributed by atoms with Crippen molar-refractivity contribution in [3.05, 3.63) is 88.6 Å². The van der Waals surface area contributed by atoms with Crippen molar-refractivity contribution in [2.75, 3.05) is 19.6 Å². The lowest BCUT2D eigenvalue weighted by Gasteiger charge is -2.43. The molecule has 0 spiro atoms. The molecule has 4 nitrogen and oxygen atoms in total. The van der Waals surface area contributed by atoms with Crippen molar-refractivity contribution >= 4 is 0 Å².